The van der Waals surface area contributed by atoms with Crippen molar-refractivity contribution in [2.75, 3.05) is 7.11 Å². The van der Waals surface area contributed by atoms with Gasteiger partial charge >= 0.3 is 5.97 Å². The zero-order chi connectivity index (χ0) is 22.6. The van der Waals surface area contributed by atoms with Crippen LogP contribution < -0.4 is 9.47 Å². The van der Waals surface area contributed by atoms with Crippen LogP contribution in [-0.4, -0.2) is 39.4 Å². The number of H-pyrrole nitrogens is 1. The predicted octanol–water partition coefficient (Wildman–Crippen LogP) is 4.01. The largest absolute Gasteiger partial charge is 0.497 e. The van der Waals surface area contributed by atoms with Crippen LogP contribution in [0, 0.1) is 0 Å². The van der Waals surface area contributed by atoms with Crippen molar-refractivity contribution < 1.29 is 19.1 Å². The number of nitrogens with zero attached hydrogens (tertiary/aromatic N) is 4. The molecule has 33 heavy (non-hydrogen) atoms. The highest BCUT2D eigenvalue weighted by Crippen LogP contribution is 2.26. The fourth-order valence-corrected chi connectivity index (χ4v) is 3.26. The summed E-state index contributed by atoms with van der Waals surface area (Å²) in [5.41, 5.74) is 3.26. The molecule has 9 heteroatoms. The third-order valence-corrected chi connectivity index (χ3v) is 4.94. The highest BCUT2D eigenvalue weighted by molar-refractivity contribution is 6.31. The maximum absolute atomic E-state index is 12.2. The van der Waals surface area contributed by atoms with Crippen LogP contribution >= 0.6 is 0 Å². The lowest BCUT2D eigenvalue weighted by atomic mass is 10.0. The van der Waals surface area contributed by atoms with E-state index in [1.165, 1.54) is 0 Å². The van der Waals surface area contributed by atoms with Gasteiger partial charge in [0.2, 0.25) is 5.82 Å². The van der Waals surface area contributed by atoms with E-state index in [2.05, 4.69) is 25.8 Å². The first kappa shape index (κ1) is 20.1. The Morgan fingerprint density at radius 2 is 1.48 bits per heavy atom. The number of nitrogens with one attached hydrogen (secondary N) is 1. The van der Waals surface area contributed by atoms with Crippen molar-refractivity contribution in [3.05, 3.63) is 89.5 Å². The number of carbonyl (C=O) groups excluding carboxylic acids is 1. The standard InChI is InChI=1S/C24H17N5O4/c1-31-18-10-4-16(5-11-18)22-21(24(30)33-27-22)14-15-2-8-19(9-3-15)32-20-12-6-17(7-13-20)23-25-28-29-26-23/h2-14H,1H3,(H,25,26,28,29)/b21-14-. The SMILES string of the molecule is COc1ccc(C2=NOC(=O)/C2=C\c2ccc(Oc3ccc(-c4nn[nH]n4)cc3)cc2)cc1. The first-order chi connectivity index (χ1) is 16.2. The highest BCUT2D eigenvalue weighted by atomic mass is 16.7. The van der Waals surface area contributed by atoms with E-state index >= 15 is 0 Å². The van der Waals surface area contributed by atoms with Crippen LogP contribution in [0.25, 0.3) is 17.5 Å². The number of hydrogen-bond acceptors (Lipinski definition) is 8. The Kier molecular flexibility index (Phi) is 5.34. The Labute approximate surface area is 188 Å². The van der Waals surface area contributed by atoms with E-state index in [4.69, 9.17) is 14.3 Å². The minimum atomic E-state index is -0.497. The van der Waals surface area contributed by atoms with Gasteiger partial charge in [-0.1, -0.05) is 17.3 Å². The molecule has 1 N–H and O–H groups in total. The summed E-state index contributed by atoms with van der Waals surface area (Å²) in [7, 11) is 1.60. The zero-order valence-corrected chi connectivity index (χ0v) is 17.4. The Morgan fingerprint density at radius 3 is 2.12 bits per heavy atom. The Balaban J connectivity index is 1.31. The third-order valence-electron chi connectivity index (χ3n) is 4.94. The number of benzene rings is 3. The van der Waals surface area contributed by atoms with E-state index in [0.717, 1.165) is 22.4 Å². The van der Waals surface area contributed by atoms with Crippen molar-refractivity contribution in [1.29, 1.82) is 0 Å². The summed E-state index contributed by atoms with van der Waals surface area (Å²) in [4.78, 5) is 17.1. The summed E-state index contributed by atoms with van der Waals surface area (Å²) in [6.45, 7) is 0. The molecule has 1 aromatic heterocycles. The highest BCUT2D eigenvalue weighted by Gasteiger charge is 2.26. The van der Waals surface area contributed by atoms with Crippen LogP contribution in [0.4, 0.5) is 0 Å². The van der Waals surface area contributed by atoms with E-state index in [-0.39, 0.29) is 0 Å². The molecule has 0 saturated heterocycles. The molecule has 5 rings (SSSR count). The molecule has 0 amide bonds. The van der Waals surface area contributed by atoms with E-state index in [1.54, 1.807) is 25.3 Å². The molecule has 0 bridgehead atoms. The lowest BCUT2D eigenvalue weighted by Crippen LogP contribution is -2.06. The molecule has 9 nitrogen and oxygen atoms in total. The molecule has 2 heterocycles. The molecule has 4 aromatic rings. The molecule has 0 unspecified atom stereocenters. The van der Waals surface area contributed by atoms with Gasteiger partial charge in [-0.3, -0.25) is 0 Å². The quantitative estimate of drug-likeness (QED) is 0.357. The molecule has 1 aliphatic heterocycles. The minimum absolute atomic E-state index is 0.380. The number of aromatic amines is 1. The second kappa shape index (κ2) is 8.75. The Morgan fingerprint density at radius 1 is 0.848 bits per heavy atom. The second-order valence-electron chi connectivity index (χ2n) is 7.04. The number of ether oxygens (including phenoxy) is 2. The molecule has 0 radical (unpaired) electrons. The Bertz CT molecular complexity index is 1330. The van der Waals surface area contributed by atoms with Crippen LogP contribution in [0.3, 0.4) is 0 Å². The molecule has 1 aliphatic rings. The number of carbonyl (C=O) groups is 1. The maximum atomic E-state index is 12.2. The third kappa shape index (κ3) is 4.33. The maximum Gasteiger partial charge on any atom is 0.368 e. The average Bonchev–Trinajstić information content (AvgIpc) is 3.52. The lowest BCUT2D eigenvalue weighted by Gasteiger charge is -2.07. The molecule has 0 atom stereocenters. The summed E-state index contributed by atoms with van der Waals surface area (Å²) < 4.78 is 11.1. The van der Waals surface area contributed by atoms with Gasteiger partial charge in [-0.15, -0.1) is 10.2 Å². The topological polar surface area (TPSA) is 112 Å². The van der Waals surface area contributed by atoms with E-state index in [0.29, 0.717) is 28.6 Å². The zero-order valence-electron chi connectivity index (χ0n) is 17.4. The number of hydrogen-bond donors (Lipinski definition) is 1. The first-order valence-electron chi connectivity index (χ1n) is 9.97. The van der Waals surface area contributed by atoms with E-state index < -0.39 is 5.97 Å². The van der Waals surface area contributed by atoms with Gasteiger partial charge in [-0.2, -0.15) is 5.21 Å². The van der Waals surface area contributed by atoms with Gasteiger partial charge < -0.3 is 14.3 Å². The normalized spacial score (nSPS) is 14.2. The predicted molar refractivity (Wildman–Crippen MR) is 120 cm³/mol. The Hall–Kier alpha value is -4.79. The van der Waals surface area contributed by atoms with Crippen LogP contribution in [-0.2, 0) is 9.63 Å². The molecule has 0 spiro atoms. The molecule has 0 aliphatic carbocycles. The molecular weight excluding hydrogens is 422 g/mol. The number of rotatable bonds is 6. The average molecular weight is 439 g/mol. The summed E-state index contributed by atoms with van der Waals surface area (Å²) in [6, 6.07) is 22.0. The molecule has 3 aromatic carbocycles. The van der Waals surface area contributed by atoms with Gasteiger partial charge in [0.1, 0.15) is 23.0 Å². The number of tetrazole rings is 1. The minimum Gasteiger partial charge on any atom is -0.497 e. The van der Waals surface area contributed by atoms with Crippen molar-refractivity contribution >= 4 is 17.8 Å². The van der Waals surface area contributed by atoms with Crippen molar-refractivity contribution in [3.8, 4) is 28.6 Å². The smallest absolute Gasteiger partial charge is 0.368 e. The lowest BCUT2D eigenvalue weighted by molar-refractivity contribution is -0.136. The fraction of sp³-hybridized carbons (Fsp3) is 0.0417. The summed E-state index contributed by atoms with van der Waals surface area (Å²) in [5, 5.41) is 17.8. The van der Waals surface area contributed by atoms with Gasteiger partial charge in [-0.25, -0.2) is 4.79 Å². The molecule has 162 valence electrons. The van der Waals surface area contributed by atoms with Gasteiger partial charge in [0.05, 0.1) is 12.7 Å². The molecular formula is C24H17N5O4. The van der Waals surface area contributed by atoms with Crippen molar-refractivity contribution in [3.63, 3.8) is 0 Å². The summed E-state index contributed by atoms with van der Waals surface area (Å²) in [6.07, 6.45) is 1.74. The number of aromatic nitrogens is 4. The second-order valence-corrected chi connectivity index (χ2v) is 7.04. The van der Waals surface area contributed by atoms with Gasteiger partial charge in [0, 0.05) is 11.1 Å². The van der Waals surface area contributed by atoms with Gasteiger partial charge in [-0.05, 0) is 77.5 Å². The number of oxime groups is 1. The molecule has 0 saturated carbocycles. The fourth-order valence-electron chi connectivity index (χ4n) is 3.26. The van der Waals surface area contributed by atoms with Crippen molar-refractivity contribution in [1.82, 2.24) is 20.6 Å². The molecule has 0 fully saturated rings. The van der Waals surface area contributed by atoms with Crippen molar-refractivity contribution in [2.24, 2.45) is 5.16 Å². The van der Waals surface area contributed by atoms with E-state index in [9.17, 15) is 4.79 Å². The van der Waals surface area contributed by atoms with Crippen LogP contribution in [0.1, 0.15) is 11.1 Å². The van der Waals surface area contributed by atoms with Crippen LogP contribution in [0.5, 0.6) is 17.2 Å². The number of methoxy groups -OCH3 is 1. The summed E-state index contributed by atoms with van der Waals surface area (Å²) >= 11 is 0. The first-order valence-corrected chi connectivity index (χ1v) is 9.97. The van der Waals surface area contributed by atoms with Crippen LogP contribution in [0.15, 0.2) is 83.5 Å². The van der Waals surface area contributed by atoms with Crippen molar-refractivity contribution in [2.45, 2.75) is 0 Å². The van der Waals surface area contributed by atoms with Gasteiger partial charge in [0.15, 0.2) is 0 Å². The van der Waals surface area contributed by atoms with Gasteiger partial charge in [0.25, 0.3) is 0 Å². The van der Waals surface area contributed by atoms with E-state index in [1.807, 2.05) is 60.7 Å². The monoisotopic (exact) mass is 439 g/mol. The van der Waals surface area contributed by atoms with Crippen LogP contribution in [0.2, 0.25) is 0 Å². The summed E-state index contributed by atoms with van der Waals surface area (Å²) in [5.74, 6) is 2.06.